The van der Waals surface area contributed by atoms with Crippen LogP contribution in [0.5, 0.6) is 0 Å². The van der Waals surface area contributed by atoms with Crippen LogP contribution in [-0.2, 0) is 0 Å². The van der Waals surface area contributed by atoms with Crippen molar-refractivity contribution in [3.05, 3.63) is 42.7 Å². The lowest BCUT2D eigenvalue weighted by Gasteiger charge is -2.15. The van der Waals surface area contributed by atoms with Crippen molar-refractivity contribution in [2.45, 2.75) is 30.2 Å². The molecule has 94 valence electrons. The first-order chi connectivity index (χ1) is 8.26. The third-order valence-electron chi connectivity index (χ3n) is 2.63. The van der Waals surface area contributed by atoms with Gasteiger partial charge in [-0.2, -0.15) is 0 Å². The van der Waals surface area contributed by atoms with E-state index in [0.29, 0.717) is 6.04 Å². The predicted molar refractivity (Wildman–Crippen MR) is 74.0 cm³/mol. The SMILES string of the molecule is C=CCCCC(CSc1ccc(F)cc1)NC. The van der Waals surface area contributed by atoms with Gasteiger partial charge in [-0.05, 0) is 50.6 Å². The van der Waals surface area contributed by atoms with E-state index in [1.54, 1.807) is 11.8 Å². The summed E-state index contributed by atoms with van der Waals surface area (Å²) in [5.41, 5.74) is 0. The number of halogens is 1. The quantitative estimate of drug-likeness (QED) is 0.429. The van der Waals surface area contributed by atoms with E-state index in [9.17, 15) is 4.39 Å². The monoisotopic (exact) mass is 253 g/mol. The van der Waals surface area contributed by atoms with Gasteiger partial charge in [0.15, 0.2) is 0 Å². The fraction of sp³-hybridized carbons (Fsp3) is 0.429. The largest absolute Gasteiger partial charge is 0.316 e. The average Bonchev–Trinajstić information content (AvgIpc) is 2.35. The highest BCUT2D eigenvalue weighted by molar-refractivity contribution is 7.99. The van der Waals surface area contributed by atoms with Gasteiger partial charge in [-0.3, -0.25) is 0 Å². The van der Waals surface area contributed by atoms with Gasteiger partial charge in [0.05, 0.1) is 0 Å². The van der Waals surface area contributed by atoms with Crippen molar-refractivity contribution >= 4 is 11.8 Å². The van der Waals surface area contributed by atoms with Gasteiger partial charge in [0, 0.05) is 16.7 Å². The number of nitrogens with one attached hydrogen (secondary N) is 1. The molecule has 1 nitrogen and oxygen atoms in total. The third kappa shape index (κ3) is 5.89. The molecule has 1 unspecified atom stereocenters. The topological polar surface area (TPSA) is 12.0 Å². The summed E-state index contributed by atoms with van der Waals surface area (Å²) < 4.78 is 12.7. The van der Waals surface area contributed by atoms with Crippen molar-refractivity contribution in [3.8, 4) is 0 Å². The Labute approximate surface area is 107 Å². The summed E-state index contributed by atoms with van der Waals surface area (Å²) in [6.07, 6.45) is 5.34. The van der Waals surface area contributed by atoms with Gasteiger partial charge in [-0.1, -0.05) is 6.08 Å². The summed E-state index contributed by atoms with van der Waals surface area (Å²) >= 11 is 1.76. The Hall–Kier alpha value is -0.800. The maximum absolute atomic E-state index is 12.7. The van der Waals surface area contributed by atoms with Crippen LogP contribution >= 0.6 is 11.8 Å². The molecule has 0 heterocycles. The van der Waals surface area contributed by atoms with E-state index >= 15 is 0 Å². The van der Waals surface area contributed by atoms with Gasteiger partial charge >= 0.3 is 0 Å². The Bertz CT molecular complexity index is 323. The minimum absolute atomic E-state index is 0.175. The lowest BCUT2D eigenvalue weighted by atomic mass is 10.1. The summed E-state index contributed by atoms with van der Waals surface area (Å²) in [5.74, 6) is 0.838. The zero-order valence-corrected chi connectivity index (χ0v) is 11.1. The van der Waals surface area contributed by atoms with Crippen LogP contribution in [0.4, 0.5) is 4.39 Å². The first-order valence-electron chi connectivity index (χ1n) is 5.92. The Balaban J connectivity index is 2.31. The summed E-state index contributed by atoms with van der Waals surface area (Å²) in [5, 5.41) is 3.31. The van der Waals surface area contributed by atoms with Crippen LogP contribution in [0.15, 0.2) is 41.8 Å². The Morgan fingerprint density at radius 2 is 2.12 bits per heavy atom. The lowest BCUT2D eigenvalue weighted by molar-refractivity contribution is 0.552. The molecule has 17 heavy (non-hydrogen) atoms. The predicted octanol–water partition coefficient (Wildman–Crippen LogP) is 3.86. The van der Waals surface area contributed by atoms with E-state index in [0.717, 1.165) is 23.5 Å². The van der Waals surface area contributed by atoms with Gasteiger partial charge in [0.25, 0.3) is 0 Å². The van der Waals surface area contributed by atoms with Crippen LogP contribution < -0.4 is 5.32 Å². The molecule has 1 atom stereocenters. The van der Waals surface area contributed by atoms with Gasteiger partial charge in [0.2, 0.25) is 0 Å². The Morgan fingerprint density at radius 1 is 1.41 bits per heavy atom. The lowest BCUT2D eigenvalue weighted by Crippen LogP contribution is -2.27. The van der Waals surface area contributed by atoms with E-state index in [-0.39, 0.29) is 5.82 Å². The number of benzene rings is 1. The molecule has 1 aromatic rings. The number of allylic oxidation sites excluding steroid dienone is 1. The molecule has 0 radical (unpaired) electrons. The molecule has 1 N–H and O–H groups in total. The number of unbranched alkanes of at least 4 members (excludes halogenated alkanes) is 1. The van der Waals surface area contributed by atoms with Crippen LogP contribution in [0.1, 0.15) is 19.3 Å². The first-order valence-corrected chi connectivity index (χ1v) is 6.91. The molecule has 0 aliphatic rings. The molecule has 0 aliphatic carbocycles. The normalized spacial score (nSPS) is 12.4. The van der Waals surface area contributed by atoms with Crippen molar-refractivity contribution in [2.75, 3.05) is 12.8 Å². The molecule has 0 aliphatic heterocycles. The maximum atomic E-state index is 12.7. The smallest absolute Gasteiger partial charge is 0.123 e. The minimum atomic E-state index is -0.175. The van der Waals surface area contributed by atoms with Crippen molar-refractivity contribution < 1.29 is 4.39 Å². The van der Waals surface area contributed by atoms with Gasteiger partial charge in [0.1, 0.15) is 5.82 Å². The first kappa shape index (κ1) is 14.3. The summed E-state index contributed by atoms with van der Waals surface area (Å²) in [4.78, 5) is 1.12. The minimum Gasteiger partial charge on any atom is -0.316 e. The van der Waals surface area contributed by atoms with Gasteiger partial charge in [-0.25, -0.2) is 4.39 Å². The molecule has 0 spiro atoms. The van der Waals surface area contributed by atoms with Crippen LogP contribution in [0.25, 0.3) is 0 Å². The van der Waals surface area contributed by atoms with Crippen LogP contribution in [0.3, 0.4) is 0 Å². The van der Waals surface area contributed by atoms with Crippen molar-refractivity contribution in [1.82, 2.24) is 5.32 Å². The number of hydrogen-bond acceptors (Lipinski definition) is 2. The fourth-order valence-electron chi connectivity index (χ4n) is 1.55. The van der Waals surface area contributed by atoms with E-state index in [1.165, 1.54) is 18.6 Å². The van der Waals surface area contributed by atoms with E-state index in [4.69, 9.17) is 0 Å². The third-order valence-corrected chi connectivity index (χ3v) is 3.81. The van der Waals surface area contributed by atoms with E-state index in [2.05, 4.69) is 11.9 Å². The number of thioether (sulfide) groups is 1. The molecular weight excluding hydrogens is 233 g/mol. The van der Waals surface area contributed by atoms with Crippen LogP contribution in [0, 0.1) is 5.82 Å². The maximum Gasteiger partial charge on any atom is 0.123 e. The molecule has 0 fully saturated rings. The van der Waals surface area contributed by atoms with Crippen molar-refractivity contribution in [2.24, 2.45) is 0 Å². The van der Waals surface area contributed by atoms with E-state index in [1.807, 2.05) is 25.3 Å². The zero-order valence-electron chi connectivity index (χ0n) is 10.3. The average molecular weight is 253 g/mol. The summed E-state index contributed by atoms with van der Waals surface area (Å²) in [6.45, 7) is 3.72. The molecule has 0 amide bonds. The second-order valence-electron chi connectivity index (χ2n) is 3.97. The van der Waals surface area contributed by atoms with Crippen molar-refractivity contribution in [3.63, 3.8) is 0 Å². The standard InChI is InChI=1S/C14H20FNS/c1-3-4-5-6-13(16-2)11-17-14-9-7-12(15)8-10-14/h3,7-10,13,16H,1,4-6,11H2,2H3. The highest BCUT2D eigenvalue weighted by atomic mass is 32.2. The molecule has 3 heteroatoms. The number of hydrogen-bond donors (Lipinski definition) is 1. The van der Waals surface area contributed by atoms with Gasteiger partial charge in [-0.15, -0.1) is 18.3 Å². The van der Waals surface area contributed by atoms with E-state index < -0.39 is 0 Å². The second-order valence-corrected chi connectivity index (χ2v) is 5.06. The highest BCUT2D eigenvalue weighted by Crippen LogP contribution is 2.20. The molecule has 0 bridgehead atoms. The molecule has 1 rings (SSSR count). The molecule has 0 saturated carbocycles. The van der Waals surface area contributed by atoms with Gasteiger partial charge < -0.3 is 5.32 Å². The van der Waals surface area contributed by atoms with Crippen molar-refractivity contribution in [1.29, 1.82) is 0 Å². The highest BCUT2D eigenvalue weighted by Gasteiger charge is 2.06. The van der Waals surface area contributed by atoms with Crippen LogP contribution in [0.2, 0.25) is 0 Å². The fourth-order valence-corrected chi connectivity index (χ4v) is 2.60. The zero-order chi connectivity index (χ0) is 12.5. The Morgan fingerprint density at radius 3 is 2.71 bits per heavy atom. The van der Waals surface area contributed by atoms with Crippen LogP contribution in [-0.4, -0.2) is 18.8 Å². The summed E-state index contributed by atoms with van der Waals surface area (Å²) in [6, 6.07) is 7.18. The summed E-state index contributed by atoms with van der Waals surface area (Å²) in [7, 11) is 1.99. The second kappa shape index (κ2) is 8.31. The molecule has 0 aromatic heterocycles. The molecule has 1 aromatic carbocycles. The Kier molecular flexibility index (Phi) is 6.97. The molecule has 0 saturated heterocycles. The number of rotatable bonds is 8. The molecular formula is C14H20FNS.